The third-order valence-electron chi connectivity index (χ3n) is 4.35. The fourth-order valence-electron chi connectivity index (χ4n) is 3.00. The normalized spacial score (nSPS) is 12.1. The van der Waals surface area contributed by atoms with Crippen molar-refractivity contribution in [2.75, 3.05) is 14.2 Å². The van der Waals surface area contributed by atoms with Crippen molar-refractivity contribution in [1.29, 1.82) is 0 Å². The summed E-state index contributed by atoms with van der Waals surface area (Å²) in [5.41, 5.74) is 2.48. The predicted octanol–water partition coefficient (Wildman–Crippen LogP) is 4.71. The van der Waals surface area contributed by atoms with E-state index in [1.165, 1.54) is 21.9 Å². The Morgan fingerprint density at radius 2 is 1.62 bits per heavy atom. The molecule has 0 aliphatic rings. The minimum absolute atomic E-state index is 0.254. The Balaban J connectivity index is 1.76. The lowest BCUT2D eigenvalue weighted by Gasteiger charge is -2.17. The highest BCUT2D eigenvalue weighted by Crippen LogP contribution is 2.28. The standard InChI is InChI=1S/C21H23NO2/c1-15(18-10-6-8-17-7-4-5-9-19(17)18)22-14-16-11-12-20(23-2)21(13-16)24-3/h4-13,15,22H,14H2,1-3H3. The summed E-state index contributed by atoms with van der Waals surface area (Å²) in [6, 6.07) is 21.2. The van der Waals surface area contributed by atoms with E-state index in [9.17, 15) is 0 Å². The van der Waals surface area contributed by atoms with Crippen LogP contribution in [0.5, 0.6) is 11.5 Å². The molecule has 0 spiro atoms. The lowest BCUT2D eigenvalue weighted by molar-refractivity contribution is 0.354. The second-order valence-electron chi connectivity index (χ2n) is 5.86. The molecule has 0 radical (unpaired) electrons. The molecule has 1 N–H and O–H groups in total. The van der Waals surface area contributed by atoms with E-state index in [1.54, 1.807) is 14.2 Å². The van der Waals surface area contributed by atoms with Crippen LogP contribution in [0, 0.1) is 0 Å². The van der Waals surface area contributed by atoms with Crippen LogP contribution in [0.1, 0.15) is 24.1 Å². The average Bonchev–Trinajstić information content (AvgIpc) is 2.65. The SMILES string of the molecule is COc1ccc(CNC(C)c2cccc3ccccc23)cc1OC. The number of benzene rings is 3. The van der Waals surface area contributed by atoms with E-state index >= 15 is 0 Å². The van der Waals surface area contributed by atoms with Gasteiger partial charge in [-0.05, 0) is 41.0 Å². The summed E-state index contributed by atoms with van der Waals surface area (Å²) < 4.78 is 10.7. The smallest absolute Gasteiger partial charge is 0.161 e. The molecule has 0 saturated carbocycles. The molecule has 0 bridgehead atoms. The van der Waals surface area contributed by atoms with Crippen LogP contribution in [0.4, 0.5) is 0 Å². The van der Waals surface area contributed by atoms with Crippen molar-refractivity contribution in [3.05, 3.63) is 71.8 Å². The third-order valence-corrected chi connectivity index (χ3v) is 4.35. The van der Waals surface area contributed by atoms with Crippen molar-refractivity contribution in [3.8, 4) is 11.5 Å². The molecule has 0 aliphatic heterocycles. The van der Waals surface area contributed by atoms with Crippen molar-refractivity contribution >= 4 is 10.8 Å². The van der Waals surface area contributed by atoms with Gasteiger partial charge in [-0.3, -0.25) is 0 Å². The predicted molar refractivity (Wildman–Crippen MR) is 98.7 cm³/mol. The van der Waals surface area contributed by atoms with Gasteiger partial charge in [-0.15, -0.1) is 0 Å². The Bertz CT molecular complexity index is 824. The number of rotatable bonds is 6. The summed E-state index contributed by atoms with van der Waals surface area (Å²) in [6.45, 7) is 2.97. The molecule has 3 nitrogen and oxygen atoms in total. The Morgan fingerprint density at radius 3 is 2.42 bits per heavy atom. The van der Waals surface area contributed by atoms with Crippen LogP contribution in [-0.4, -0.2) is 14.2 Å². The summed E-state index contributed by atoms with van der Waals surface area (Å²) >= 11 is 0. The van der Waals surface area contributed by atoms with Gasteiger partial charge in [0.25, 0.3) is 0 Å². The molecule has 1 atom stereocenters. The monoisotopic (exact) mass is 321 g/mol. The molecule has 3 aromatic carbocycles. The van der Waals surface area contributed by atoms with Crippen LogP contribution < -0.4 is 14.8 Å². The lowest BCUT2D eigenvalue weighted by atomic mass is 9.99. The van der Waals surface area contributed by atoms with Gasteiger partial charge < -0.3 is 14.8 Å². The van der Waals surface area contributed by atoms with Gasteiger partial charge in [0.05, 0.1) is 14.2 Å². The molecule has 3 aromatic rings. The van der Waals surface area contributed by atoms with E-state index in [4.69, 9.17) is 9.47 Å². The van der Waals surface area contributed by atoms with E-state index in [-0.39, 0.29) is 6.04 Å². The molecule has 3 rings (SSSR count). The van der Waals surface area contributed by atoms with Gasteiger partial charge in [0.1, 0.15) is 0 Å². The number of methoxy groups -OCH3 is 2. The Morgan fingerprint density at radius 1 is 0.875 bits per heavy atom. The molecule has 0 fully saturated rings. The zero-order chi connectivity index (χ0) is 16.9. The quantitative estimate of drug-likeness (QED) is 0.713. The van der Waals surface area contributed by atoms with Gasteiger partial charge in [0.2, 0.25) is 0 Å². The number of fused-ring (bicyclic) bond motifs is 1. The highest BCUT2D eigenvalue weighted by atomic mass is 16.5. The van der Waals surface area contributed by atoms with Gasteiger partial charge in [-0.1, -0.05) is 48.5 Å². The Kier molecular flexibility index (Phi) is 5.02. The minimum Gasteiger partial charge on any atom is -0.493 e. The fourth-order valence-corrected chi connectivity index (χ4v) is 3.00. The summed E-state index contributed by atoms with van der Waals surface area (Å²) in [5, 5.41) is 6.17. The maximum absolute atomic E-state index is 5.37. The molecule has 0 heterocycles. The van der Waals surface area contributed by atoms with Gasteiger partial charge in [-0.25, -0.2) is 0 Å². The number of nitrogens with one attached hydrogen (secondary N) is 1. The van der Waals surface area contributed by atoms with Crippen LogP contribution in [0.25, 0.3) is 10.8 Å². The van der Waals surface area contributed by atoms with E-state index in [0.717, 1.165) is 18.0 Å². The number of hydrogen-bond donors (Lipinski definition) is 1. The number of hydrogen-bond acceptors (Lipinski definition) is 3. The van der Waals surface area contributed by atoms with Crippen molar-refractivity contribution in [2.45, 2.75) is 19.5 Å². The zero-order valence-corrected chi connectivity index (χ0v) is 14.4. The largest absolute Gasteiger partial charge is 0.493 e. The molecule has 0 saturated heterocycles. The number of ether oxygens (including phenoxy) is 2. The highest BCUT2D eigenvalue weighted by molar-refractivity contribution is 5.86. The van der Waals surface area contributed by atoms with Crippen molar-refractivity contribution < 1.29 is 9.47 Å². The van der Waals surface area contributed by atoms with Gasteiger partial charge in [0, 0.05) is 12.6 Å². The fraction of sp³-hybridized carbons (Fsp3) is 0.238. The molecule has 0 aromatic heterocycles. The van der Waals surface area contributed by atoms with E-state index in [2.05, 4.69) is 60.8 Å². The highest BCUT2D eigenvalue weighted by Gasteiger charge is 2.10. The summed E-state index contributed by atoms with van der Waals surface area (Å²) in [4.78, 5) is 0. The van der Waals surface area contributed by atoms with Crippen LogP contribution in [0.15, 0.2) is 60.7 Å². The summed E-state index contributed by atoms with van der Waals surface area (Å²) in [7, 11) is 3.31. The summed E-state index contributed by atoms with van der Waals surface area (Å²) in [6.07, 6.45) is 0. The molecular formula is C21H23NO2. The maximum Gasteiger partial charge on any atom is 0.161 e. The molecule has 0 aliphatic carbocycles. The minimum atomic E-state index is 0.254. The van der Waals surface area contributed by atoms with E-state index in [0.29, 0.717) is 0 Å². The lowest BCUT2D eigenvalue weighted by Crippen LogP contribution is -2.18. The van der Waals surface area contributed by atoms with Gasteiger partial charge in [-0.2, -0.15) is 0 Å². The van der Waals surface area contributed by atoms with Crippen LogP contribution in [0.2, 0.25) is 0 Å². The zero-order valence-electron chi connectivity index (χ0n) is 14.4. The topological polar surface area (TPSA) is 30.5 Å². The van der Waals surface area contributed by atoms with Crippen molar-refractivity contribution in [1.82, 2.24) is 5.32 Å². The molecule has 0 amide bonds. The second-order valence-corrected chi connectivity index (χ2v) is 5.86. The van der Waals surface area contributed by atoms with Crippen molar-refractivity contribution in [3.63, 3.8) is 0 Å². The first kappa shape index (κ1) is 16.3. The first-order chi connectivity index (χ1) is 11.7. The molecule has 1 unspecified atom stereocenters. The van der Waals surface area contributed by atoms with Crippen LogP contribution in [-0.2, 0) is 6.54 Å². The first-order valence-electron chi connectivity index (χ1n) is 8.15. The molecule has 3 heteroatoms. The van der Waals surface area contributed by atoms with Gasteiger partial charge in [0.15, 0.2) is 11.5 Å². The third kappa shape index (κ3) is 3.36. The Hall–Kier alpha value is -2.52. The second kappa shape index (κ2) is 7.37. The first-order valence-corrected chi connectivity index (χ1v) is 8.15. The van der Waals surface area contributed by atoms with Crippen LogP contribution in [0.3, 0.4) is 0 Å². The van der Waals surface area contributed by atoms with E-state index in [1.807, 2.05) is 12.1 Å². The Labute approximate surface area is 143 Å². The molecule has 124 valence electrons. The van der Waals surface area contributed by atoms with E-state index < -0.39 is 0 Å². The average molecular weight is 321 g/mol. The maximum atomic E-state index is 5.37. The molecule has 24 heavy (non-hydrogen) atoms. The molecular weight excluding hydrogens is 298 g/mol. The van der Waals surface area contributed by atoms with Gasteiger partial charge >= 0.3 is 0 Å². The van der Waals surface area contributed by atoms with Crippen molar-refractivity contribution in [2.24, 2.45) is 0 Å². The summed E-state index contributed by atoms with van der Waals surface area (Å²) in [5.74, 6) is 1.51. The van der Waals surface area contributed by atoms with Crippen LogP contribution >= 0.6 is 0 Å².